The number of ether oxygens (including phenoxy) is 1. The van der Waals surface area contributed by atoms with E-state index < -0.39 is 0 Å². The first-order chi connectivity index (χ1) is 8.18. The lowest BCUT2D eigenvalue weighted by molar-refractivity contribution is -0.135. The third-order valence-corrected chi connectivity index (χ3v) is 2.66. The summed E-state index contributed by atoms with van der Waals surface area (Å²) in [6.07, 6.45) is 0. The van der Waals surface area contributed by atoms with Crippen LogP contribution in [0.2, 0.25) is 0 Å². The van der Waals surface area contributed by atoms with Crippen molar-refractivity contribution in [2.75, 3.05) is 31.6 Å². The van der Waals surface area contributed by atoms with E-state index in [9.17, 15) is 4.79 Å². The van der Waals surface area contributed by atoms with Gasteiger partial charge in [0.1, 0.15) is 6.04 Å². The molecule has 1 aromatic rings. The van der Waals surface area contributed by atoms with Crippen molar-refractivity contribution in [3.8, 4) is 0 Å². The average Bonchev–Trinajstić information content (AvgIpc) is 2.75. The molecular formula is C9H16N6O2. The Morgan fingerprint density at radius 2 is 2.18 bits per heavy atom. The van der Waals surface area contributed by atoms with Gasteiger partial charge in [0.25, 0.3) is 0 Å². The molecule has 17 heavy (non-hydrogen) atoms. The van der Waals surface area contributed by atoms with Crippen LogP contribution in [0.1, 0.15) is 6.92 Å². The van der Waals surface area contributed by atoms with Gasteiger partial charge in [-0.2, -0.15) is 0 Å². The first-order valence-electron chi connectivity index (χ1n) is 5.54. The van der Waals surface area contributed by atoms with Gasteiger partial charge in [-0.3, -0.25) is 4.79 Å². The second kappa shape index (κ2) is 5.09. The maximum atomic E-state index is 12.1. The summed E-state index contributed by atoms with van der Waals surface area (Å²) in [5.74, 6) is 0.524. The number of hydrogen-bond donors (Lipinski definition) is 1. The molecule has 2 heterocycles. The number of anilines is 1. The highest BCUT2D eigenvalue weighted by molar-refractivity contribution is 5.83. The van der Waals surface area contributed by atoms with Gasteiger partial charge in [-0.05, 0) is 17.4 Å². The minimum Gasteiger partial charge on any atom is -0.378 e. The van der Waals surface area contributed by atoms with E-state index in [2.05, 4.69) is 20.8 Å². The zero-order valence-electron chi connectivity index (χ0n) is 9.96. The Morgan fingerprint density at radius 1 is 1.47 bits per heavy atom. The fourth-order valence-electron chi connectivity index (χ4n) is 1.66. The summed E-state index contributed by atoms with van der Waals surface area (Å²) in [5, 5.41) is 14.0. The van der Waals surface area contributed by atoms with E-state index in [0.29, 0.717) is 32.3 Å². The van der Waals surface area contributed by atoms with Gasteiger partial charge in [0, 0.05) is 20.1 Å². The average molecular weight is 240 g/mol. The van der Waals surface area contributed by atoms with Crippen molar-refractivity contribution in [3.63, 3.8) is 0 Å². The third kappa shape index (κ3) is 2.70. The first-order valence-corrected chi connectivity index (χ1v) is 5.54. The molecule has 1 atom stereocenters. The van der Waals surface area contributed by atoms with E-state index in [-0.39, 0.29) is 11.9 Å². The predicted molar refractivity (Wildman–Crippen MR) is 59.3 cm³/mol. The van der Waals surface area contributed by atoms with Crippen LogP contribution in [0.25, 0.3) is 0 Å². The minimum atomic E-state index is -0.349. The SMILES string of the molecule is CC(Nc1nnnn1C)C(=O)N1CCOCC1. The number of rotatable bonds is 3. The van der Waals surface area contributed by atoms with Crippen LogP contribution in [-0.2, 0) is 16.6 Å². The normalized spacial score (nSPS) is 17.9. The number of morpholine rings is 1. The van der Waals surface area contributed by atoms with E-state index in [1.165, 1.54) is 4.68 Å². The molecule has 1 amide bonds. The zero-order valence-corrected chi connectivity index (χ0v) is 9.96. The lowest BCUT2D eigenvalue weighted by Gasteiger charge is -2.29. The number of aromatic nitrogens is 4. The summed E-state index contributed by atoms with van der Waals surface area (Å²) < 4.78 is 6.69. The van der Waals surface area contributed by atoms with Gasteiger partial charge in [-0.15, -0.1) is 0 Å². The maximum absolute atomic E-state index is 12.1. The van der Waals surface area contributed by atoms with Crippen LogP contribution in [0.5, 0.6) is 0 Å². The fraction of sp³-hybridized carbons (Fsp3) is 0.778. The molecule has 0 aromatic carbocycles. The lowest BCUT2D eigenvalue weighted by Crippen LogP contribution is -2.47. The van der Waals surface area contributed by atoms with E-state index in [0.717, 1.165) is 0 Å². The van der Waals surface area contributed by atoms with Crippen molar-refractivity contribution in [3.05, 3.63) is 0 Å². The summed E-state index contributed by atoms with van der Waals surface area (Å²) in [5.41, 5.74) is 0. The molecule has 0 bridgehead atoms. The monoisotopic (exact) mass is 240 g/mol. The Balaban J connectivity index is 1.93. The van der Waals surface area contributed by atoms with Crippen LogP contribution < -0.4 is 5.32 Å². The van der Waals surface area contributed by atoms with Crippen molar-refractivity contribution < 1.29 is 9.53 Å². The Morgan fingerprint density at radius 3 is 2.76 bits per heavy atom. The number of nitrogens with one attached hydrogen (secondary N) is 1. The fourth-order valence-corrected chi connectivity index (χ4v) is 1.66. The standard InChI is InChI=1S/C9H16N6O2/c1-7(10-9-11-12-13-14(9)2)8(16)15-3-5-17-6-4-15/h7H,3-6H2,1-2H3,(H,10,11,13). The molecule has 1 aliphatic rings. The molecule has 0 saturated carbocycles. The molecule has 1 N–H and O–H groups in total. The summed E-state index contributed by atoms with van der Waals surface area (Å²) in [6, 6.07) is -0.349. The van der Waals surface area contributed by atoms with Crippen molar-refractivity contribution in [2.24, 2.45) is 7.05 Å². The Labute approximate surface area is 98.9 Å². The van der Waals surface area contributed by atoms with Crippen molar-refractivity contribution in [2.45, 2.75) is 13.0 Å². The zero-order chi connectivity index (χ0) is 12.3. The van der Waals surface area contributed by atoms with Crippen LogP contribution in [-0.4, -0.2) is 63.4 Å². The van der Waals surface area contributed by atoms with Crippen LogP contribution in [0.4, 0.5) is 5.95 Å². The van der Waals surface area contributed by atoms with Crippen LogP contribution in [0, 0.1) is 0 Å². The van der Waals surface area contributed by atoms with Crippen molar-refractivity contribution in [1.82, 2.24) is 25.1 Å². The molecule has 2 rings (SSSR count). The summed E-state index contributed by atoms with van der Waals surface area (Å²) in [7, 11) is 1.72. The predicted octanol–water partition coefficient (Wildman–Crippen LogP) is -1.13. The molecule has 8 heteroatoms. The Kier molecular flexibility index (Phi) is 3.52. The quantitative estimate of drug-likeness (QED) is 0.719. The summed E-state index contributed by atoms with van der Waals surface area (Å²) in [4.78, 5) is 13.8. The molecular weight excluding hydrogens is 224 g/mol. The summed E-state index contributed by atoms with van der Waals surface area (Å²) in [6.45, 7) is 4.28. The lowest BCUT2D eigenvalue weighted by atomic mass is 10.2. The van der Waals surface area contributed by atoms with Crippen molar-refractivity contribution in [1.29, 1.82) is 0 Å². The second-order valence-corrected chi connectivity index (χ2v) is 3.93. The molecule has 1 fully saturated rings. The molecule has 1 unspecified atom stereocenters. The molecule has 8 nitrogen and oxygen atoms in total. The van der Waals surface area contributed by atoms with Gasteiger partial charge in [0.15, 0.2) is 0 Å². The highest BCUT2D eigenvalue weighted by Gasteiger charge is 2.23. The first kappa shape index (κ1) is 11.8. The van der Waals surface area contributed by atoms with Gasteiger partial charge in [-0.1, -0.05) is 5.10 Å². The third-order valence-electron chi connectivity index (χ3n) is 2.66. The number of nitrogens with zero attached hydrogens (tertiary/aromatic N) is 5. The molecule has 0 radical (unpaired) electrons. The summed E-state index contributed by atoms with van der Waals surface area (Å²) >= 11 is 0. The van der Waals surface area contributed by atoms with Gasteiger partial charge in [0.2, 0.25) is 11.9 Å². The Bertz CT molecular complexity index is 387. The number of amides is 1. The second-order valence-electron chi connectivity index (χ2n) is 3.93. The maximum Gasteiger partial charge on any atom is 0.245 e. The minimum absolute atomic E-state index is 0.0382. The van der Waals surface area contributed by atoms with E-state index >= 15 is 0 Å². The topological polar surface area (TPSA) is 85.2 Å². The Hall–Kier alpha value is -1.70. The smallest absolute Gasteiger partial charge is 0.245 e. The van der Waals surface area contributed by atoms with E-state index in [4.69, 9.17) is 4.74 Å². The molecule has 1 aromatic heterocycles. The molecule has 1 aliphatic heterocycles. The van der Waals surface area contributed by atoms with Crippen LogP contribution in [0.15, 0.2) is 0 Å². The molecule has 1 saturated heterocycles. The van der Waals surface area contributed by atoms with E-state index in [1.54, 1.807) is 18.9 Å². The van der Waals surface area contributed by atoms with Gasteiger partial charge in [0.05, 0.1) is 13.2 Å². The highest BCUT2D eigenvalue weighted by atomic mass is 16.5. The number of aryl methyl sites for hydroxylation is 1. The highest BCUT2D eigenvalue weighted by Crippen LogP contribution is 2.05. The van der Waals surface area contributed by atoms with Crippen LogP contribution >= 0.6 is 0 Å². The van der Waals surface area contributed by atoms with Crippen molar-refractivity contribution >= 4 is 11.9 Å². The number of tetrazole rings is 1. The molecule has 0 spiro atoms. The molecule has 94 valence electrons. The van der Waals surface area contributed by atoms with Gasteiger partial charge >= 0.3 is 0 Å². The largest absolute Gasteiger partial charge is 0.378 e. The van der Waals surface area contributed by atoms with Gasteiger partial charge < -0.3 is 15.0 Å². The van der Waals surface area contributed by atoms with E-state index in [1.807, 2.05) is 0 Å². The number of carbonyl (C=O) groups is 1. The number of carbonyl (C=O) groups excluding carboxylic acids is 1. The molecule has 0 aliphatic carbocycles. The van der Waals surface area contributed by atoms with Gasteiger partial charge in [-0.25, -0.2) is 4.68 Å². The van der Waals surface area contributed by atoms with Crippen LogP contribution in [0.3, 0.4) is 0 Å². The number of hydrogen-bond acceptors (Lipinski definition) is 6.